The predicted molar refractivity (Wildman–Crippen MR) is 74.5 cm³/mol. The van der Waals surface area contributed by atoms with Crippen molar-refractivity contribution in [1.82, 2.24) is 5.32 Å². The van der Waals surface area contributed by atoms with E-state index in [1.165, 1.54) is 11.3 Å². The van der Waals surface area contributed by atoms with Crippen LogP contribution in [0.5, 0.6) is 5.75 Å². The maximum Gasteiger partial charge on any atom is 0.325 e. The summed E-state index contributed by atoms with van der Waals surface area (Å²) in [7, 11) is 1.60. The topological polar surface area (TPSA) is 58.6 Å². The highest BCUT2D eigenvalue weighted by atomic mass is 32.1. The number of carbonyl (C=O) groups is 1. The molecule has 0 aliphatic carbocycles. The molecule has 5 heteroatoms. The quantitative estimate of drug-likeness (QED) is 0.852. The van der Waals surface area contributed by atoms with Gasteiger partial charge in [-0.25, -0.2) is 0 Å². The molecule has 100 valence electrons. The lowest BCUT2D eigenvalue weighted by atomic mass is 10.1. The van der Waals surface area contributed by atoms with E-state index in [1.807, 2.05) is 41.1 Å². The number of carboxylic acids is 1. The highest BCUT2D eigenvalue weighted by Crippen LogP contribution is 2.20. The minimum atomic E-state index is -0.881. The fourth-order valence-corrected chi connectivity index (χ4v) is 2.53. The first-order valence-corrected chi connectivity index (χ1v) is 6.77. The summed E-state index contributed by atoms with van der Waals surface area (Å²) in [5.74, 6) is -0.127. The highest BCUT2D eigenvalue weighted by molar-refractivity contribution is 7.08. The predicted octanol–water partition coefficient (Wildman–Crippen LogP) is 2.67. The van der Waals surface area contributed by atoms with Gasteiger partial charge in [-0.15, -0.1) is 0 Å². The average Bonchev–Trinajstić information content (AvgIpc) is 2.93. The van der Waals surface area contributed by atoms with Gasteiger partial charge in [-0.3, -0.25) is 10.1 Å². The Labute approximate surface area is 115 Å². The second-order valence-corrected chi connectivity index (χ2v) is 4.80. The summed E-state index contributed by atoms with van der Waals surface area (Å²) in [5, 5.41) is 16.0. The molecule has 19 heavy (non-hydrogen) atoms. The third-order valence-electron chi connectivity index (χ3n) is 2.81. The van der Waals surface area contributed by atoms with Gasteiger partial charge in [0.15, 0.2) is 0 Å². The smallest absolute Gasteiger partial charge is 0.325 e. The van der Waals surface area contributed by atoms with E-state index < -0.39 is 12.0 Å². The van der Waals surface area contributed by atoms with Gasteiger partial charge in [-0.05, 0) is 28.5 Å². The number of thiophene rings is 1. The Morgan fingerprint density at radius 2 is 2.21 bits per heavy atom. The van der Waals surface area contributed by atoms with E-state index in [0.29, 0.717) is 6.54 Å². The van der Waals surface area contributed by atoms with Gasteiger partial charge in [-0.1, -0.05) is 18.2 Å². The van der Waals surface area contributed by atoms with E-state index in [-0.39, 0.29) is 0 Å². The fraction of sp³-hybridized carbons (Fsp3) is 0.214. The minimum Gasteiger partial charge on any atom is -0.496 e. The SMILES string of the molecule is COc1ccccc1CNC(C(=O)O)c1ccsc1. The molecular formula is C14H15NO3S. The summed E-state index contributed by atoms with van der Waals surface area (Å²) < 4.78 is 5.24. The first-order valence-electron chi connectivity index (χ1n) is 5.82. The van der Waals surface area contributed by atoms with Crippen molar-refractivity contribution in [3.63, 3.8) is 0 Å². The third-order valence-corrected chi connectivity index (χ3v) is 3.51. The van der Waals surface area contributed by atoms with Crippen LogP contribution in [0.15, 0.2) is 41.1 Å². The van der Waals surface area contributed by atoms with Gasteiger partial charge in [0.2, 0.25) is 0 Å². The maximum atomic E-state index is 11.3. The number of aliphatic carboxylic acids is 1. The number of methoxy groups -OCH3 is 1. The molecule has 0 amide bonds. The largest absolute Gasteiger partial charge is 0.496 e. The molecule has 2 rings (SSSR count). The summed E-state index contributed by atoms with van der Waals surface area (Å²) in [5.41, 5.74) is 1.71. The summed E-state index contributed by atoms with van der Waals surface area (Å²) in [4.78, 5) is 11.3. The zero-order valence-electron chi connectivity index (χ0n) is 10.5. The Hall–Kier alpha value is -1.85. The van der Waals surface area contributed by atoms with Crippen LogP contribution in [0.4, 0.5) is 0 Å². The van der Waals surface area contributed by atoms with E-state index in [0.717, 1.165) is 16.9 Å². The van der Waals surface area contributed by atoms with Crippen LogP contribution in [0.1, 0.15) is 17.2 Å². The average molecular weight is 277 g/mol. The molecule has 0 saturated carbocycles. The number of rotatable bonds is 6. The van der Waals surface area contributed by atoms with Crippen LogP contribution in [0.3, 0.4) is 0 Å². The number of hydrogen-bond donors (Lipinski definition) is 2. The molecule has 1 aromatic carbocycles. The number of ether oxygens (including phenoxy) is 1. The monoisotopic (exact) mass is 277 g/mol. The molecule has 0 spiro atoms. The molecule has 4 nitrogen and oxygen atoms in total. The van der Waals surface area contributed by atoms with Crippen molar-refractivity contribution >= 4 is 17.3 Å². The highest BCUT2D eigenvalue weighted by Gasteiger charge is 2.19. The van der Waals surface area contributed by atoms with Gasteiger partial charge in [0, 0.05) is 12.1 Å². The van der Waals surface area contributed by atoms with Crippen molar-refractivity contribution < 1.29 is 14.6 Å². The van der Waals surface area contributed by atoms with Crippen LogP contribution in [0.2, 0.25) is 0 Å². The van der Waals surface area contributed by atoms with Crippen LogP contribution >= 0.6 is 11.3 Å². The lowest BCUT2D eigenvalue weighted by Crippen LogP contribution is -2.27. The number of nitrogens with one attached hydrogen (secondary N) is 1. The summed E-state index contributed by atoms with van der Waals surface area (Å²) in [6.07, 6.45) is 0. The van der Waals surface area contributed by atoms with Gasteiger partial charge >= 0.3 is 5.97 Å². The first-order chi connectivity index (χ1) is 9.22. The molecule has 1 heterocycles. The molecule has 0 bridgehead atoms. The Kier molecular flexibility index (Phi) is 4.54. The number of benzene rings is 1. The van der Waals surface area contributed by atoms with Gasteiger partial charge in [0.1, 0.15) is 11.8 Å². The maximum absolute atomic E-state index is 11.3. The van der Waals surface area contributed by atoms with Crippen molar-refractivity contribution in [2.24, 2.45) is 0 Å². The lowest BCUT2D eigenvalue weighted by molar-refractivity contribution is -0.139. The molecule has 0 saturated heterocycles. The summed E-state index contributed by atoms with van der Waals surface area (Å²) in [6.45, 7) is 0.441. The van der Waals surface area contributed by atoms with E-state index in [4.69, 9.17) is 4.74 Å². The van der Waals surface area contributed by atoms with Crippen molar-refractivity contribution in [2.45, 2.75) is 12.6 Å². The standard InChI is InChI=1S/C14H15NO3S/c1-18-12-5-3-2-4-10(12)8-15-13(14(16)17)11-6-7-19-9-11/h2-7,9,13,15H,8H2,1H3,(H,16,17). The normalized spacial score (nSPS) is 12.1. The Balaban J connectivity index is 2.09. The number of carboxylic acid groups (broad SMARTS) is 1. The fourth-order valence-electron chi connectivity index (χ4n) is 1.85. The molecule has 1 atom stereocenters. The van der Waals surface area contributed by atoms with Crippen LogP contribution in [-0.2, 0) is 11.3 Å². The van der Waals surface area contributed by atoms with Crippen molar-refractivity contribution in [1.29, 1.82) is 0 Å². The summed E-state index contributed by atoms with van der Waals surface area (Å²) >= 11 is 1.49. The second-order valence-electron chi connectivity index (χ2n) is 4.02. The van der Waals surface area contributed by atoms with Crippen LogP contribution < -0.4 is 10.1 Å². The second kappa shape index (κ2) is 6.36. The van der Waals surface area contributed by atoms with E-state index in [1.54, 1.807) is 7.11 Å². The number of hydrogen-bond acceptors (Lipinski definition) is 4. The van der Waals surface area contributed by atoms with E-state index in [9.17, 15) is 9.90 Å². The summed E-state index contributed by atoms with van der Waals surface area (Å²) in [6, 6.07) is 8.68. The molecule has 2 aromatic rings. The molecule has 0 fully saturated rings. The Morgan fingerprint density at radius 1 is 1.42 bits per heavy atom. The lowest BCUT2D eigenvalue weighted by Gasteiger charge is -2.14. The van der Waals surface area contributed by atoms with Gasteiger partial charge in [0.25, 0.3) is 0 Å². The van der Waals surface area contributed by atoms with Crippen molar-refractivity contribution in [2.75, 3.05) is 7.11 Å². The van der Waals surface area contributed by atoms with Crippen LogP contribution in [0, 0.1) is 0 Å². The Morgan fingerprint density at radius 3 is 2.84 bits per heavy atom. The first kappa shape index (κ1) is 13.6. The zero-order chi connectivity index (χ0) is 13.7. The minimum absolute atomic E-state index is 0.441. The van der Waals surface area contributed by atoms with Gasteiger partial charge < -0.3 is 9.84 Å². The molecule has 0 aliphatic heterocycles. The molecule has 0 radical (unpaired) electrons. The van der Waals surface area contributed by atoms with Gasteiger partial charge in [0.05, 0.1) is 7.11 Å². The van der Waals surface area contributed by atoms with Crippen molar-refractivity contribution in [3.8, 4) is 5.75 Å². The molecule has 2 N–H and O–H groups in total. The van der Waals surface area contributed by atoms with Gasteiger partial charge in [-0.2, -0.15) is 11.3 Å². The molecule has 1 unspecified atom stereocenters. The Bertz CT molecular complexity index is 539. The number of para-hydroxylation sites is 1. The van der Waals surface area contributed by atoms with Crippen molar-refractivity contribution in [3.05, 3.63) is 52.2 Å². The molecule has 1 aromatic heterocycles. The van der Waals surface area contributed by atoms with Crippen LogP contribution in [-0.4, -0.2) is 18.2 Å². The zero-order valence-corrected chi connectivity index (χ0v) is 11.3. The van der Waals surface area contributed by atoms with E-state index in [2.05, 4.69) is 5.32 Å². The van der Waals surface area contributed by atoms with Crippen LogP contribution in [0.25, 0.3) is 0 Å². The third kappa shape index (κ3) is 3.33. The molecule has 0 aliphatic rings. The molecular weight excluding hydrogens is 262 g/mol. The van der Waals surface area contributed by atoms with E-state index >= 15 is 0 Å².